The van der Waals surface area contributed by atoms with Crippen LogP contribution in [0.15, 0.2) is 12.2 Å². The van der Waals surface area contributed by atoms with Crippen LogP contribution in [0.2, 0.25) is 0 Å². The Kier molecular flexibility index (Phi) is 6.92. The van der Waals surface area contributed by atoms with Crippen molar-refractivity contribution in [3.8, 4) is 0 Å². The van der Waals surface area contributed by atoms with Gasteiger partial charge in [-0.3, -0.25) is 9.59 Å². The molecule has 2 rings (SSSR count). The van der Waals surface area contributed by atoms with E-state index in [-0.39, 0.29) is 16.8 Å². The van der Waals surface area contributed by atoms with Crippen molar-refractivity contribution < 1.29 is 19.1 Å². The third kappa shape index (κ3) is 4.32. The van der Waals surface area contributed by atoms with E-state index in [1.807, 2.05) is 0 Å². The summed E-state index contributed by atoms with van der Waals surface area (Å²) in [6, 6.07) is 0. The predicted molar refractivity (Wildman–Crippen MR) is 102 cm³/mol. The predicted octanol–water partition coefficient (Wildman–Crippen LogP) is 4.92. The van der Waals surface area contributed by atoms with Crippen LogP contribution in [0.1, 0.15) is 72.1 Å². The van der Waals surface area contributed by atoms with Gasteiger partial charge in [-0.25, -0.2) is 0 Å². The maximum Gasteiger partial charge on any atom is 0.305 e. The second kappa shape index (κ2) is 8.58. The van der Waals surface area contributed by atoms with Crippen LogP contribution in [0.25, 0.3) is 0 Å². The van der Waals surface area contributed by atoms with E-state index in [1.54, 1.807) is 0 Å². The van der Waals surface area contributed by atoms with Gasteiger partial charge >= 0.3 is 5.97 Å². The maximum absolute atomic E-state index is 11.5. The maximum atomic E-state index is 11.5. The standard InChI is InChI=1S/C22H36O4/c1-16(13-20(24)25-5)7-9-18-17(2)8-10-19-21(3,14-26-15-23)11-6-12-22(18,19)4/h15-16,18-19H,2,6-14H2,1,3-5H3/t16?,18-,19?,21+,22+/m0/s1. The first-order valence-corrected chi connectivity index (χ1v) is 10.1. The number of hydrogen-bond donors (Lipinski definition) is 0. The number of esters is 1. The van der Waals surface area contributed by atoms with Gasteiger partial charge in [-0.1, -0.05) is 39.3 Å². The van der Waals surface area contributed by atoms with Gasteiger partial charge in [0.25, 0.3) is 6.47 Å². The number of hydrogen-bond acceptors (Lipinski definition) is 4. The van der Waals surface area contributed by atoms with Gasteiger partial charge in [0.05, 0.1) is 13.7 Å². The lowest BCUT2D eigenvalue weighted by Crippen LogP contribution is -2.52. The highest BCUT2D eigenvalue weighted by Gasteiger charge is 2.54. The second-order valence-corrected chi connectivity index (χ2v) is 9.19. The van der Waals surface area contributed by atoms with Crippen molar-refractivity contribution in [1.82, 2.24) is 0 Å². The third-order valence-corrected chi connectivity index (χ3v) is 7.32. The van der Waals surface area contributed by atoms with Crippen molar-refractivity contribution in [2.45, 2.75) is 72.1 Å². The van der Waals surface area contributed by atoms with Gasteiger partial charge in [-0.15, -0.1) is 0 Å². The number of carbonyl (C=O) groups is 2. The summed E-state index contributed by atoms with van der Waals surface area (Å²) in [4.78, 5) is 22.3. The molecule has 4 nitrogen and oxygen atoms in total. The normalized spacial score (nSPS) is 35.3. The highest BCUT2D eigenvalue weighted by molar-refractivity contribution is 5.69. The van der Waals surface area contributed by atoms with Crippen LogP contribution in [0.3, 0.4) is 0 Å². The monoisotopic (exact) mass is 364 g/mol. The van der Waals surface area contributed by atoms with Gasteiger partial charge < -0.3 is 9.47 Å². The van der Waals surface area contributed by atoms with Crippen LogP contribution in [0, 0.1) is 28.6 Å². The molecule has 4 heteroatoms. The second-order valence-electron chi connectivity index (χ2n) is 9.19. The number of fused-ring (bicyclic) bond motifs is 1. The lowest BCUT2D eigenvalue weighted by Gasteiger charge is -2.58. The summed E-state index contributed by atoms with van der Waals surface area (Å²) in [7, 11) is 1.45. The quantitative estimate of drug-likeness (QED) is 0.348. The largest absolute Gasteiger partial charge is 0.469 e. The Morgan fingerprint density at radius 2 is 2.12 bits per heavy atom. The van der Waals surface area contributed by atoms with Crippen molar-refractivity contribution >= 4 is 12.4 Å². The molecule has 2 aliphatic carbocycles. The van der Waals surface area contributed by atoms with Crippen LogP contribution < -0.4 is 0 Å². The summed E-state index contributed by atoms with van der Waals surface area (Å²) in [6.07, 6.45) is 8.29. The SMILES string of the molecule is C=C1CCC2[C@@](C)(COC=O)CCC[C@]2(C)[C@H]1CCC(C)CC(=O)OC. The molecule has 2 aliphatic rings. The van der Waals surface area contributed by atoms with E-state index in [1.165, 1.54) is 25.5 Å². The van der Waals surface area contributed by atoms with E-state index in [4.69, 9.17) is 9.47 Å². The molecule has 0 heterocycles. The molecule has 0 aromatic heterocycles. The van der Waals surface area contributed by atoms with Gasteiger partial charge in [-0.05, 0) is 61.7 Å². The van der Waals surface area contributed by atoms with Crippen LogP contribution >= 0.6 is 0 Å². The summed E-state index contributed by atoms with van der Waals surface area (Å²) < 4.78 is 10.0. The highest BCUT2D eigenvalue weighted by Crippen LogP contribution is 2.62. The Morgan fingerprint density at radius 1 is 1.38 bits per heavy atom. The average molecular weight is 365 g/mol. The first-order valence-electron chi connectivity index (χ1n) is 10.1. The highest BCUT2D eigenvalue weighted by atomic mass is 16.5. The molecule has 5 atom stereocenters. The van der Waals surface area contributed by atoms with Crippen molar-refractivity contribution in [2.75, 3.05) is 13.7 Å². The average Bonchev–Trinajstić information content (AvgIpc) is 2.59. The van der Waals surface area contributed by atoms with Crippen LogP contribution in [0.4, 0.5) is 0 Å². The summed E-state index contributed by atoms with van der Waals surface area (Å²) >= 11 is 0. The third-order valence-electron chi connectivity index (χ3n) is 7.32. The number of rotatable bonds is 8. The fourth-order valence-electron chi connectivity index (χ4n) is 5.94. The lowest BCUT2D eigenvalue weighted by atomic mass is 9.46. The van der Waals surface area contributed by atoms with E-state index >= 15 is 0 Å². The first-order chi connectivity index (χ1) is 12.3. The number of ether oxygens (including phenoxy) is 2. The number of carbonyl (C=O) groups excluding carboxylic acids is 2. The number of methoxy groups -OCH3 is 1. The number of allylic oxidation sites excluding steroid dienone is 1. The smallest absolute Gasteiger partial charge is 0.305 e. The van der Waals surface area contributed by atoms with E-state index in [2.05, 4.69) is 27.4 Å². The van der Waals surface area contributed by atoms with Crippen molar-refractivity contribution in [1.29, 1.82) is 0 Å². The minimum absolute atomic E-state index is 0.0600. The molecule has 0 radical (unpaired) electrons. The van der Waals surface area contributed by atoms with Crippen molar-refractivity contribution in [3.05, 3.63) is 12.2 Å². The molecule has 0 aromatic carbocycles. The van der Waals surface area contributed by atoms with Gasteiger partial charge in [-0.2, -0.15) is 0 Å². The Morgan fingerprint density at radius 3 is 2.77 bits per heavy atom. The molecule has 0 aliphatic heterocycles. The molecule has 2 saturated carbocycles. The Bertz CT molecular complexity index is 528. The minimum atomic E-state index is -0.125. The molecule has 0 amide bonds. The molecular formula is C22H36O4. The topological polar surface area (TPSA) is 52.6 Å². The summed E-state index contributed by atoms with van der Waals surface area (Å²) in [6.45, 7) is 12.4. The van der Waals surface area contributed by atoms with E-state index in [0.29, 0.717) is 37.3 Å². The van der Waals surface area contributed by atoms with Crippen LogP contribution in [-0.2, 0) is 19.1 Å². The Hall–Kier alpha value is -1.32. The molecule has 0 N–H and O–H groups in total. The van der Waals surface area contributed by atoms with Gasteiger partial charge in [0.1, 0.15) is 0 Å². The molecule has 2 unspecified atom stereocenters. The summed E-state index contributed by atoms with van der Waals surface area (Å²) in [5.41, 5.74) is 1.64. The summed E-state index contributed by atoms with van der Waals surface area (Å²) in [5, 5.41) is 0. The molecular weight excluding hydrogens is 328 g/mol. The van der Waals surface area contributed by atoms with E-state index in [9.17, 15) is 9.59 Å². The van der Waals surface area contributed by atoms with Gasteiger partial charge in [0.15, 0.2) is 0 Å². The molecule has 0 spiro atoms. The molecule has 2 fully saturated rings. The lowest BCUT2D eigenvalue weighted by molar-refractivity contribution is -0.143. The zero-order valence-corrected chi connectivity index (χ0v) is 17.0. The zero-order chi connectivity index (χ0) is 19.4. The van der Waals surface area contributed by atoms with E-state index < -0.39 is 0 Å². The molecule has 0 bridgehead atoms. The molecule has 26 heavy (non-hydrogen) atoms. The fraction of sp³-hybridized carbons (Fsp3) is 0.818. The molecule has 0 aromatic rings. The van der Waals surface area contributed by atoms with E-state index in [0.717, 1.165) is 32.1 Å². The minimum Gasteiger partial charge on any atom is -0.469 e. The zero-order valence-electron chi connectivity index (χ0n) is 17.0. The van der Waals surface area contributed by atoms with Gasteiger partial charge in [0, 0.05) is 11.8 Å². The Balaban J connectivity index is 2.11. The van der Waals surface area contributed by atoms with Crippen molar-refractivity contribution in [3.63, 3.8) is 0 Å². The van der Waals surface area contributed by atoms with Crippen LogP contribution in [0.5, 0.6) is 0 Å². The summed E-state index contributed by atoms with van der Waals surface area (Å²) in [5.74, 6) is 1.24. The Labute approximate surface area is 158 Å². The first kappa shape index (κ1) is 21.0. The molecule has 148 valence electrons. The van der Waals surface area contributed by atoms with Crippen LogP contribution in [-0.4, -0.2) is 26.2 Å². The fourth-order valence-corrected chi connectivity index (χ4v) is 5.94. The van der Waals surface area contributed by atoms with Crippen molar-refractivity contribution in [2.24, 2.45) is 28.6 Å². The van der Waals surface area contributed by atoms with Gasteiger partial charge in [0.2, 0.25) is 0 Å². The molecule has 0 saturated heterocycles.